The monoisotopic (exact) mass is 514 g/mol. The number of alkyl halides is 3. The molecule has 0 atom stereocenters. The second-order valence-electron chi connectivity index (χ2n) is 8.48. The van der Waals surface area contributed by atoms with Gasteiger partial charge in [0.25, 0.3) is 5.91 Å². The van der Waals surface area contributed by atoms with E-state index in [0.29, 0.717) is 11.6 Å². The van der Waals surface area contributed by atoms with Crippen LogP contribution in [0.3, 0.4) is 0 Å². The lowest BCUT2D eigenvalue weighted by molar-refractivity contribution is -0.137. The fraction of sp³-hybridized carbons (Fsp3) is 0.0714. The summed E-state index contributed by atoms with van der Waals surface area (Å²) in [5.41, 5.74) is 2.66. The summed E-state index contributed by atoms with van der Waals surface area (Å²) >= 11 is 0. The van der Waals surface area contributed by atoms with Gasteiger partial charge in [0.2, 0.25) is 5.95 Å². The lowest BCUT2D eigenvalue weighted by atomic mass is 10.1. The minimum atomic E-state index is -4.59. The molecule has 2 heterocycles. The van der Waals surface area contributed by atoms with Crippen LogP contribution >= 0.6 is 0 Å². The van der Waals surface area contributed by atoms with Crippen molar-refractivity contribution in [2.45, 2.75) is 13.1 Å². The number of nitrogens with zero attached hydrogens (tertiary/aromatic N) is 4. The van der Waals surface area contributed by atoms with Crippen molar-refractivity contribution in [3.05, 3.63) is 114 Å². The van der Waals surface area contributed by atoms with Crippen LogP contribution in [0.5, 0.6) is 0 Å². The molecule has 190 valence electrons. The summed E-state index contributed by atoms with van der Waals surface area (Å²) in [5.74, 6) is -0.224. The topological polar surface area (TPSA) is 84.7 Å². The Labute approximate surface area is 216 Å². The Hall–Kier alpha value is -4.99. The lowest BCUT2D eigenvalue weighted by Crippen LogP contribution is -2.14. The number of imidazole rings is 1. The van der Waals surface area contributed by atoms with E-state index in [9.17, 15) is 18.0 Å². The Bertz CT molecular complexity index is 1580. The molecule has 0 unspecified atom stereocenters. The first-order valence-electron chi connectivity index (χ1n) is 11.5. The predicted octanol–water partition coefficient (Wildman–Crippen LogP) is 6.65. The third kappa shape index (κ3) is 5.54. The largest absolute Gasteiger partial charge is 0.416 e. The number of anilines is 3. The Morgan fingerprint density at radius 1 is 0.947 bits per heavy atom. The van der Waals surface area contributed by atoms with Crippen molar-refractivity contribution in [1.82, 2.24) is 19.5 Å². The number of amides is 1. The fourth-order valence-corrected chi connectivity index (χ4v) is 3.82. The lowest BCUT2D eigenvalue weighted by Gasteiger charge is -2.14. The maximum atomic E-state index is 13.5. The molecule has 10 heteroatoms. The van der Waals surface area contributed by atoms with E-state index >= 15 is 0 Å². The molecule has 0 aliphatic carbocycles. The Kier molecular flexibility index (Phi) is 6.61. The first-order chi connectivity index (χ1) is 18.3. The van der Waals surface area contributed by atoms with Crippen LogP contribution in [0.25, 0.3) is 16.9 Å². The molecular weight excluding hydrogens is 493 g/mol. The van der Waals surface area contributed by atoms with Gasteiger partial charge in [-0.15, -0.1) is 0 Å². The van der Waals surface area contributed by atoms with Gasteiger partial charge in [0, 0.05) is 46.8 Å². The average molecular weight is 515 g/mol. The molecule has 5 aromatic rings. The van der Waals surface area contributed by atoms with E-state index in [0.717, 1.165) is 29.0 Å². The molecule has 0 bridgehead atoms. The number of halogens is 3. The van der Waals surface area contributed by atoms with Gasteiger partial charge in [0.05, 0.1) is 17.6 Å². The zero-order chi connectivity index (χ0) is 26.7. The molecular formula is C28H21F3N6O. The van der Waals surface area contributed by atoms with Crippen LogP contribution in [0.1, 0.15) is 21.5 Å². The molecule has 0 saturated carbocycles. The molecule has 2 N–H and O–H groups in total. The second-order valence-corrected chi connectivity index (χ2v) is 8.48. The molecule has 5 rings (SSSR count). The quantitative estimate of drug-likeness (QED) is 0.265. The SMILES string of the molecule is Cc1ccc(C(=O)Nc2cc(-n3ccnc3)cc(C(F)(F)F)c2)cc1Nc1nccc(-c2ccccc2)n1. The van der Waals surface area contributed by atoms with Crippen LogP contribution in [0, 0.1) is 6.92 Å². The highest BCUT2D eigenvalue weighted by molar-refractivity contribution is 6.05. The van der Waals surface area contributed by atoms with Crippen molar-refractivity contribution >= 4 is 23.2 Å². The summed E-state index contributed by atoms with van der Waals surface area (Å²) in [6, 6.07) is 19.7. The summed E-state index contributed by atoms with van der Waals surface area (Å²) in [6.07, 6.45) is 1.40. The van der Waals surface area contributed by atoms with Crippen LogP contribution in [-0.2, 0) is 6.18 Å². The van der Waals surface area contributed by atoms with Crippen molar-refractivity contribution in [2.75, 3.05) is 10.6 Å². The molecule has 1 amide bonds. The number of aromatic nitrogens is 4. The van der Waals surface area contributed by atoms with Gasteiger partial charge in [-0.2, -0.15) is 13.2 Å². The fourth-order valence-electron chi connectivity index (χ4n) is 3.82. The number of hydrogen-bond acceptors (Lipinski definition) is 5. The number of hydrogen-bond donors (Lipinski definition) is 2. The number of carbonyl (C=O) groups is 1. The van der Waals surface area contributed by atoms with E-state index in [1.165, 1.54) is 29.4 Å². The molecule has 0 saturated heterocycles. The van der Waals surface area contributed by atoms with Gasteiger partial charge in [-0.25, -0.2) is 15.0 Å². The van der Waals surface area contributed by atoms with E-state index in [-0.39, 0.29) is 16.9 Å². The normalized spacial score (nSPS) is 11.3. The maximum Gasteiger partial charge on any atom is 0.416 e. The predicted molar refractivity (Wildman–Crippen MR) is 138 cm³/mol. The van der Waals surface area contributed by atoms with Crippen LogP contribution in [0.4, 0.5) is 30.5 Å². The van der Waals surface area contributed by atoms with Gasteiger partial charge in [0.15, 0.2) is 0 Å². The average Bonchev–Trinajstić information content (AvgIpc) is 3.45. The summed E-state index contributed by atoms with van der Waals surface area (Å²) in [5, 5.41) is 5.72. The third-order valence-electron chi connectivity index (χ3n) is 5.78. The van der Waals surface area contributed by atoms with Gasteiger partial charge < -0.3 is 15.2 Å². The Balaban J connectivity index is 1.40. The third-order valence-corrected chi connectivity index (χ3v) is 5.78. The maximum absolute atomic E-state index is 13.5. The highest BCUT2D eigenvalue weighted by Gasteiger charge is 2.31. The minimum Gasteiger partial charge on any atom is -0.324 e. The van der Waals surface area contributed by atoms with Gasteiger partial charge in [0.1, 0.15) is 0 Å². The molecule has 0 radical (unpaired) electrons. The smallest absolute Gasteiger partial charge is 0.324 e. The molecule has 0 aliphatic rings. The first kappa shape index (κ1) is 24.7. The number of carbonyl (C=O) groups excluding carboxylic acids is 1. The van der Waals surface area contributed by atoms with Crippen LogP contribution < -0.4 is 10.6 Å². The molecule has 3 aromatic carbocycles. The van der Waals surface area contributed by atoms with Crippen LogP contribution in [0.15, 0.2) is 97.7 Å². The van der Waals surface area contributed by atoms with Gasteiger partial charge in [-0.1, -0.05) is 36.4 Å². The van der Waals surface area contributed by atoms with Gasteiger partial charge in [-0.3, -0.25) is 4.79 Å². The molecule has 0 fully saturated rings. The zero-order valence-corrected chi connectivity index (χ0v) is 20.1. The number of rotatable bonds is 6. The number of aryl methyl sites for hydroxylation is 1. The van der Waals surface area contributed by atoms with Crippen molar-refractivity contribution in [1.29, 1.82) is 0 Å². The molecule has 0 aliphatic heterocycles. The molecule has 38 heavy (non-hydrogen) atoms. The van der Waals surface area contributed by atoms with Crippen molar-refractivity contribution < 1.29 is 18.0 Å². The number of benzene rings is 3. The summed E-state index contributed by atoms with van der Waals surface area (Å²) in [6.45, 7) is 1.86. The standard InChI is InChI=1S/C28H21F3N6O/c1-18-7-8-20(13-25(18)36-27-33-10-9-24(35-27)19-5-3-2-4-6-19)26(38)34-22-14-21(28(29,30)31)15-23(16-22)37-12-11-32-17-37/h2-17H,1H3,(H,34,38)(H,33,35,36). The first-order valence-corrected chi connectivity index (χ1v) is 11.5. The van der Waals surface area contributed by atoms with Gasteiger partial charge >= 0.3 is 6.18 Å². The molecule has 7 nitrogen and oxygen atoms in total. The van der Waals surface area contributed by atoms with E-state index in [2.05, 4.69) is 25.6 Å². The number of nitrogens with one attached hydrogen (secondary N) is 2. The summed E-state index contributed by atoms with van der Waals surface area (Å²) < 4.78 is 42.0. The molecule has 0 spiro atoms. The van der Waals surface area contributed by atoms with Crippen molar-refractivity contribution in [2.24, 2.45) is 0 Å². The van der Waals surface area contributed by atoms with E-state index < -0.39 is 17.6 Å². The second kappa shape index (κ2) is 10.2. The highest BCUT2D eigenvalue weighted by Crippen LogP contribution is 2.33. The van der Waals surface area contributed by atoms with E-state index in [1.807, 2.05) is 37.3 Å². The Morgan fingerprint density at radius 2 is 1.76 bits per heavy atom. The van der Waals surface area contributed by atoms with Crippen LogP contribution in [-0.4, -0.2) is 25.4 Å². The summed E-state index contributed by atoms with van der Waals surface area (Å²) in [7, 11) is 0. The molecule has 2 aromatic heterocycles. The van der Waals surface area contributed by atoms with Crippen LogP contribution in [0.2, 0.25) is 0 Å². The van der Waals surface area contributed by atoms with Crippen molar-refractivity contribution in [3.63, 3.8) is 0 Å². The van der Waals surface area contributed by atoms with E-state index in [1.54, 1.807) is 30.5 Å². The summed E-state index contributed by atoms with van der Waals surface area (Å²) in [4.78, 5) is 25.8. The van der Waals surface area contributed by atoms with Gasteiger partial charge in [-0.05, 0) is 48.9 Å². The van der Waals surface area contributed by atoms with E-state index in [4.69, 9.17) is 0 Å². The Morgan fingerprint density at radius 3 is 2.50 bits per heavy atom. The van der Waals surface area contributed by atoms with Crippen molar-refractivity contribution in [3.8, 4) is 16.9 Å². The minimum absolute atomic E-state index is 0.00232. The zero-order valence-electron chi connectivity index (χ0n) is 20.1. The highest BCUT2D eigenvalue weighted by atomic mass is 19.4.